The van der Waals surface area contributed by atoms with Crippen molar-refractivity contribution in [1.29, 1.82) is 0 Å². The summed E-state index contributed by atoms with van der Waals surface area (Å²) in [6, 6.07) is 10.5. The summed E-state index contributed by atoms with van der Waals surface area (Å²) in [7, 11) is 0. The molecule has 8 nitrogen and oxygen atoms in total. The molecule has 0 saturated heterocycles. The van der Waals surface area contributed by atoms with Gasteiger partial charge in [0.25, 0.3) is 5.56 Å². The van der Waals surface area contributed by atoms with Gasteiger partial charge >= 0.3 is 5.69 Å². The maximum absolute atomic E-state index is 12.2. The second-order valence-electron chi connectivity index (χ2n) is 5.35. The number of hydrogen-bond donors (Lipinski definition) is 3. The Kier molecular flexibility index (Phi) is 5.34. The fourth-order valence-corrected chi connectivity index (χ4v) is 3.06. The average Bonchev–Trinajstić information content (AvgIpc) is 3.10. The number of carbonyl (C=O) groups excluding carboxylic acids is 1. The van der Waals surface area contributed by atoms with Crippen molar-refractivity contribution in [3.63, 3.8) is 0 Å². The van der Waals surface area contributed by atoms with Crippen LogP contribution in [0.1, 0.15) is 5.56 Å². The molecule has 0 fully saturated rings. The fourth-order valence-electron chi connectivity index (χ4n) is 2.33. The lowest BCUT2D eigenvalue weighted by atomic mass is 10.2. The van der Waals surface area contributed by atoms with Gasteiger partial charge in [0.05, 0.1) is 18.8 Å². The highest BCUT2D eigenvalue weighted by Gasteiger charge is 2.13. The highest BCUT2D eigenvalue weighted by atomic mass is 32.2. The van der Waals surface area contributed by atoms with Crippen molar-refractivity contribution < 1.29 is 4.79 Å². The van der Waals surface area contributed by atoms with Crippen molar-refractivity contribution in [1.82, 2.24) is 14.9 Å². The number of hydrogen-bond acceptors (Lipinski definition) is 6. The highest BCUT2D eigenvalue weighted by molar-refractivity contribution is 8.14. The molecule has 0 unspecified atom stereocenters. The third-order valence-corrected chi connectivity index (χ3v) is 4.42. The number of anilines is 1. The molecule has 0 bridgehead atoms. The summed E-state index contributed by atoms with van der Waals surface area (Å²) in [6.45, 7) is 1.72. The number of aliphatic imine (C=N–C) groups is 1. The maximum atomic E-state index is 12.2. The molecule has 2 aromatic rings. The lowest BCUT2D eigenvalue weighted by Gasteiger charge is -2.13. The minimum Gasteiger partial charge on any atom is -0.363 e. The molecule has 1 aromatic carbocycles. The predicted molar refractivity (Wildman–Crippen MR) is 98.3 cm³/mol. The van der Waals surface area contributed by atoms with Crippen LogP contribution < -0.4 is 21.9 Å². The predicted octanol–water partition coefficient (Wildman–Crippen LogP) is 0.216. The van der Waals surface area contributed by atoms with E-state index in [1.54, 1.807) is 0 Å². The summed E-state index contributed by atoms with van der Waals surface area (Å²) in [5.41, 5.74) is -0.244. The summed E-state index contributed by atoms with van der Waals surface area (Å²) in [6.07, 6.45) is 0. The number of H-pyrrole nitrogens is 1. The first kappa shape index (κ1) is 17.0. The van der Waals surface area contributed by atoms with Crippen molar-refractivity contribution >= 4 is 28.7 Å². The zero-order chi connectivity index (χ0) is 17.6. The van der Waals surface area contributed by atoms with Gasteiger partial charge in [0, 0.05) is 12.6 Å². The Morgan fingerprint density at radius 1 is 1.28 bits per heavy atom. The van der Waals surface area contributed by atoms with Gasteiger partial charge in [-0.1, -0.05) is 42.1 Å². The van der Waals surface area contributed by atoms with Crippen LogP contribution in [0.4, 0.5) is 5.82 Å². The minimum atomic E-state index is -0.568. The third kappa shape index (κ3) is 4.60. The smallest absolute Gasteiger partial charge is 0.330 e. The molecule has 0 radical (unpaired) electrons. The van der Waals surface area contributed by atoms with Crippen molar-refractivity contribution in [3.05, 3.63) is 62.8 Å². The normalized spacial score (nSPS) is 13.2. The number of thioether (sulfide) groups is 1. The van der Waals surface area contributed by atoms with Gasteiger partial charge in [-0.2, -0.15) is 0 Å². The van der Waals surface area contributed by atoms with Crippen LogP contribution in [0.5, 0.6) is 0 Å². The lowest BCUT2D eigenvalue weighted by molar-refractivity contribution is -0.113. The summed E-state index contributed by atoms with van der Waals surface area (Å²) < 4.78 is 1.32. The molecule has 130 valence electrons. The number of benzene rings is 1. The van der Waals surface area contributed by atoms with Crippen molar-refractivity contribution in [2.75, 3.05) is 24.2 Å². The van der Waals surface area contributed by atoms with Gasteiger partial charge in [-0.05, 0) is 5.56 Å². The van der Waals surface area contributed by atoms with Gasteiger partial charge in [-0.25, -0.2) is 4.79 Å². The molecule has 1 aliphatic heterocycles. The SMILES string of the molecule is O=C(CSC1=NCCN1)Nc1cc(=O)[nH]c(=O)n1Cc1ccccc1. The molecule has 0 aliphatic carbocycles. The van der Waals surface area contributed by atoms with E-state index in [0.29, 0.717) is 6.54 Å². The monoisotopic (exact) mass is 359 g/mol. The van der Waals surface area contributed by atoms with E-state index in [1.807, 2.05) is 30.3 Å². The van der Waals surface area contributed by atoms with Crippen LogP contribution in [-0.2, 0) is 11.3 Å². The van der Waals surface area contributed by atoms with Crippen LogP contribution >= 0.6 is 11.8 Å². The van der Waals surface area contributed by atoms with Gasteiger partial charge < -0.3 is 10.6 Å². The Balaban J connectivity index is 1.76. The topological polar surface area (TPSA) is 108 Å². The lowest BCUT2D eigenvalue weighted by Crippen LogP contribution is -2.33. The van der Waals surface area contributed by atoms with Gasteiger partial charge in [0.15, 0.2) is 5.17 Å². The summed E-state index contributed by atoms with van der Waals surface area (Å²) in [5.74, 6) is -0.00392. The molecular weight excluding hydrogens is 342 g/mol. The largest absolute Gasteiger partial charge is 0.363 e. The Labute approximate surface area is 147 Å². The third-order valence-electron chi connectivity index (χ3n) is 3.47. The standard InChI is InChI=1S/C16H17N5O3S/c22-13-8-12(19-14(23)10-25-15-17-6-7-18-15)21(16(24)20-13)9-11-4-2-1-3-5-11/h1-5,8H,6-7,9-10H2,(H,17,18)(H,19,23)(H,20,22,24). The van der Waals surface area contributed by atoms with E-state index in [9.17, 15) is 14.4 Å². The molecule has 1 aliphatic rings. The molecule has 1 amide bonds. The summed E-state index contributed by atoms with van der Waals surface area (Å²) in [4.78, 5) is 42.3. The van der Waals surface area contributed by atoms with E-state index in [0.717, 1.165) is 17.3 Å². The van der Waals surface area contributed by atoms with Crippen LogP contribution in [0, 0.1) is 0 Å². The zero-order valence-corrected chi connectivity index (χ0v) is 14.1. The molecule has 2 heterocycles. The van der Waals surface area contributed by atoms with Gasteiger partial charge in [0.2, 0.25) is 5.91 Å². The zero-order valence-electron chi connectivity index (χ0n) is 13.3. The molecule has 3 rings (SSSR count). The minimum absolute atomic E-state index is 0.137. The molecule has 1 aromatic heterocycles. The molecule has 25 heavy (non-hydrogen) atoms. The van der Waals surface area contributed by atoms with Crippen molar-refractivity contribution in [2.45, 2.75) is 6.54 Å². The second kappa shape index (κ2) is 7.84. The molecular formula is C16H17N5O3S. The first-order valence-electron chi connectivity index (χ1n) is 7.71. The number of aromatic amines is 1. The van der Waals surface area contributed by atoms with Crippen LogP contribution in [0.25, 0.3) is 0 Å². The van der Waals surface area contributed by atoms with E-state index < -0.39 is 11.2 Å². The number of rotatable bonds is 5. The number of nitrogens with zero attached hydrogens (tertiary/aromatic N) is 2. The summed E-state index contributed by atoms with van der Waals surface area (Å²) >= 11 is 1.28. The van der Waals surface area contributed by atoms with E-state index in [1.165, 1.54) is 22.4 Å². The summed E-state index contributed by atoms with van der Waals surface area (Å²) in [5, 5.41) is 6.42. The first-order valence-corrected chi connectivity index (χ1v) is 8.69. The van der Waals surface area contributed by atoms with E-state index in [-0.39, 0.29) is 24.0 Å². The average molecular weight is 359 g/mol. The Hall–Kier alpha value is -2.81. The van der Waals surface area contributed by atoms with Crippen LogP contribution in [-0.4, -0.2) is 39.5 Å². The Bertz CT molecular complexity index is 904. The molecule has 3 N–H and O–H groups in total. The number of amides is 1. The van der Waals surface area contributed by atoms with E-state index >= 15 is 0 Å². The Morgan fingerprint density at radius 2 is 2.08 bits per heavy atom. The number of carbonyl (C=O) groups is 1. The molecule has 0 spiro atoms. The maximum Gasteiger partial charge on any atom is 0.330 e. The molecule has 9 heteroatoms. The number of aromatic nitrogens is 2. The van der Waals surface area contributed by atoms with Crippen LogP contribution in [0.3, 0.4) is 0 Å². The van der Waals surface area contributed by atoms with Crippen molar-refractivity contribution in [2.24, 2.45) is 4.99 Å². The van der Waals surface area contributed by atoms with E-state index in [2.05, 4.69) is 20.6 Å². The van der Waals surface area contributed by atoms with Crippen molar-refractivity contribution in [3.8, 4) is 0 Å². The fraction of sp³-hybridized carbons (Fsp3) is 0.250. The quantitative estimate of drug-likeness (QED) is 0.708. The van der Waals surface area contributed by atoms with E-state index in [4.69, 9.17) is 0 Å². The second-order valence-corrected chi connectivity index (χ2v) is 6.31. The highest BCUT2D eigenvalue weighted by Crippen LogP contribution is 2.09. The van der Waals surface area contributed by atoms with Gasteiger partial charge in [0.1, 0.15) is 5.82 Å². The van der Waals surface area contributed by atoms with Gasteiger partial charge in [-0.15, -0.1) is 0 Å². The van der Waals surface area contributed by atoms with Crippen LogP contribution in [0.15, 0.2) is 51.0 Å². The molecule has 0 atom stereocenters. The number of amidine groups is 1. The Morgan fingerprint density at radius 3 is 2.80 bits per heavy atom. The first-order chi connectivity index (χ1) is 12.1. The molecule has 0 saturated carbocycles. The van der Waals surface area contributed by atoms with Gasteiger partial charge in [-0.3, -0.25) is 24.1 Å². The number of nitrogens with one attached hydrogen (secondary N) is 3. The van der Waals surface area contributed by atoms with Crippen LogP contribution in [0.2, 0.25) is 0 Å².